The molecular formula is C21H25N5O3S. The summed E-state index contributed by atoms with van der Waals surface area (Å²) in [6, 6.07) is 9.56. The molecule has 0 radical (unpaired) electrons. The largest absolute Gasteiger partial charge is 0.384 e. The molecule has 9 heteroatoms. The van der Waals surface area contributed by atoms with Gasteiger partial charge in [-0.2, -0.15) is 0 Å². The first kappa shape index (κ1) is 20.4. The van der Waals surface area contributed by atoms with E-state index < -0.39 is 11.2 Å². The Morgan fingerprint density at radius 1 is 1.27 bits per heavy atom. The number of nitrogens with zero attached hydrogens (tertiary/aromatic N) is 3. The average Bonchev–Trinajstić information content (AvgIpc) is 3.43. The lowest BCUT2D eigenvalue weighted by atomic mass is 10.2. The van der Waals surface area contributed by atoms with E-state index in [0.29, 0.717) is 17.4 Å². The molecule has 158 valence electrons. The maximum atomic E-state index is 13.0. The van der Waals surface area contributed by atoms with Gasteiger partial charge in [-0.05, 0) is 25.3 Å². The highest BCUT2D eigenvalue weighted by atomic mass is 32.1. The molecule has 1 aliphatic heterocycles. The van der Waals surface area contributed by atoms with E-state index in [9.17, 15) is 9.59 Å². The summed E-state index contributed by atoms with van der Waals surface area (Å²) in [4.78, 5) is 30.5. The summed E-state index contributed by atoms with van der Waals surface area (Å²) in [6.07, 6.45) is 2.29. The summed E-state index contributed by atoms with van der Waals surface area (Å²) in [5.74, 6) is 0.134. The molecule has 0 spiro atoms. The number of benzene rings is 1. The number of nitrogens with two attached hydrogens (primary N) is 1. The second kappa shape index (κ2) is 8.85. The fraction of sp³-hybridized carbons (Fsp3) is 0.381. The summed E-state index contributed by atoms with van der Waals surface area (Å²) in [5.41, 5.74) is 7.17. The average molecular weight is 428 g/mol. The van der Waals surface area contributed by atoms with E-state index in [1.165, 1.54) is 20.5 Å². The van der Waals surface area contributed by atoms with Gasteiger partial charge in [0.05, 0.1) is 18.3 Å². The van der Waals surface area contributed by atoms with Crippen LogP contribution in [0.2, 0.25) is 0 Å². The van der Waals surface area contributed by atoms with Crippen molar-refractivity contribution in [2.24, 2.45) is 0 Å². The number of nitrogens with one attached hydrogen (secondary N) is 1. The molecular weight excluding hydrogens is 402 g/mol. The molecule has 8 nitrogen and oxygen atoms in total. The number of nitrogen functional groups attached to an aromatic ring is 1. The van der Waals surface area contributed by atoms with Crippen molar-refractivity contribution in [3.05, 3.63) is 62.1 Å². The Morgan fingerprint density at radius 2 is 2.07 bits per heavy atom. The summed E-state index contributed by atoms with van der Waals surface area (Å²) in [5, 5.41) is 5.77. The van der Waals surface area contributed by atoms with Crippen molar-refractivity contribution in [3.63, 3.8) is 0 Å². The topological polar surface area (TPSA) is 104 Å². The van der Waals surface area contributed by atoms with Crippen LogP contribution in [0.25, 0.3) is 11.3 Å². The maximum absolute atomic E-state index is 13.0. The Kier molecular flexibility index (Phi) is 6.01. The van der Waals surface area contributed by atoms with Crippen molar-refractivity contribution < 1.29 is 4.74 Å². The number of hydrogen-bond acceptors (Lipinski definition) is 7. The third-order valence-corrected chi connectivity index (χ3v) is 6.03. The Bertz CT molecular complexity index is 1130. The van der Waals surface area contributed by atoms with Crippen LogP contribution < -0.4 is 22.3 Å². The minimum Gasteiger partial charge on any atom is -0.384 e. The highest BCUT2D eigenvalue weighted by Crippen LogP contribution is 2.26. The Balaban J connectivity index is 1.69. The highest BCUT2D eigenvalue weighted by Gasteiger charge is 2.21. The second-order valence-electron chi connectivity index (χ2n) is 7.22. The number of anilines is 2. The van der Waals surface area contributed by atoms with Gasteiger partial charge in [-0.25, -0.2) is 9.78 Å². The van der Waals surface area contributed by atoms with E-state index in [-0.39, 0.29) is 30.6 Å². The zero-order chi connectivity index (χ0) is 21.1. The first-order valence-electron chi connectivity index (χ1n) is 10.1. The molecule has 0 bridgehead atoms. The molecule has 1 unspecified atom stereocenters. The summed E-state index contributed by atoms with van der Waals surface area (Å²) >= 11 is 1.40. The van der Waals surface area contributed by atoms with Gasteiger partial charge >= 0.3 is 5.69 Å². The van der Waals surface area contributed by atoms with Gasteiger partial charge in [0, 0.05) is 25.1 Å². The summed E-state index contributed by atoms with van der Waals surface area (Å²) in [6.45, 7) is 3.78. The van der Waals surface area contributed by atoms with Gasteiger partial charge in [0.1, 0.15) is 11.4 Å². The first-order valence-corrected chi connectivity index (χ1v) is 10.9. The summed E-state index contributed by atoms with van der Waals surface area (Å²) < 4.78 is 8.26. The molecule has 30 heavy (non-hydrogen) atoms. The SMILES string of the molecule is CCn1c(=O)c(-c2csc(NCC3CCCO3)n2)c(N)n(Cc2ccccc2)c1=O. The molecule has 1 saturated heterocycles. The van der Waals surface area contributed by atoms with Crippen molar-refractivity contribution in [2.75, 3.05) is 24.2 Å². The Hall–Kier alpha value is -2.91. The quantitative estimate of drug-likeness (QED) is 0.600. The lowest BCUT2D eigenvalue weighted by molar-refractivity contribution is 0.120. The van der Waals surface area contributed by atoms with Crippen LogP contribution >= 0.6 is 11.3 Å². The van der Waals surface area contributed by atoms with Crippen molar-refractivity contribution in [1.82, 2.24) is 14.1 Å². The fourth-order valence-corrected chi connectivity index (χ4v) is 4.34. The van der Waals surface area contributed by atoms with Gasteiger partial charge < -0.3 is 15.8 Å². The van der Waals surface area contributed by atoms with Gasteiger partial charge in [-0.1, -0.05) is 30.3 Å². The molecule has 1 aliphatic rings. The minimum atomic E-state index is -0.417. The predicted octanol–water partition coefficient (Wildman–Crippen LogP) is 2.37. The van der Waals surface area contributed by atoms with Gasteiger partial charge in [0.2, 0.25) is 0 Å². The molecule has 0 aliphatic carbocycles. The molecule has 0 saturated carbocycles. The van der Waals surface area contributed by atoms with Crippen LogP contribution in [0.5, 0.6) is 0 Å². The minimum absolute atomic E-state index is 0.134. The predicted molar refractivity (Wildman–Crippen MR) is 119 cm³/mol. The molecule has 0 amide bonds. The van der Waals surface area contributed by atoms with E-state index >= 15 is 0 Å². The number of aromatic nitrogens is 3. The van der Waals surface area contributed by atoms with E-state index in [1.807, 2.05) is 30.3 Å². The molecule has 3 heterocycles. The summed E-state index contributed by atoms with van der Waals surface area (Å²) in [7, 11) is 0. The first-order chi connectivity index (χ1) is 14.6. The smallest absolute Gasteiger partial charge is 0.332 e. The number of ether oxygens (including phenoxy) is 1. The lowest BCUT2D eigenvalue weighted by Gasteiger charge is -2.15. The molecule has 1 fully saturated rings. The Labute approximate surface area is 178 Å². The van der Waals surface area contributed by atoms with Crippen LogP contribution in [0.1, 0.15) is 25.3 Å². The molecule has 3 aromatic rings. The zero-order valence-corrected chi connectivity index (χ0v) is 17.7. The Morgan fingerprint density at radius 3 is 2.77 bits per heavy atom. The number of thiazole rings is 1. The van der Waals surface area contributed by atoms with E-state index in [2.05, 4.69) is 10.3 Å². The van der Waals surface area contributed by atoms with Gasteiger partial charge in [-0.15, -0.1) is 11.3 Å². The van der Waals surface area contributed by atoms with Crippen LogP contribution in [0, 0.1) is 0 Å². The van der Waals surface area contributed by atoms with Crippen molar-refractivity contribution in [3.8, 4) is 11.3 Å². The van der Waals surface area contributed by atoms with Crippen molar-refractivity contribution >= 4 is 22.3 Å². The molecule has 1 atom stereocenters. The second-order valence-corrected chi connectivity index (χ2v) is 8.08. The molecule has 4 rings (SSSR count). The number of hydrogen-bond donors (Lipinski definition) is 2. The standard InChI is InChI=1S/C21H25N5O3S/c1-2-25-19(27)17(16-13-30-20(24-16)23-11-15-9-6-10-29-15)18(22)26(21(25)28)12-14-7-4-3-5-8-14/h3-5,7-8,13,15H,2,6,9-12,22H2,1H3,(H,23,24). The lowest BCUT2D eigenvalue weighted by Crippen LogP contribution is -2.41. The third-order valence-electron chi connectivity index (χ3n) is 5.23. The maximum Gasteiger partial charge on any atom is 0.332 e. The van der Waals surface area contributed by atoms with Crippen LogP contribution in [0.4, 0.5) is 10.9 Å². The highest BCUT2D eigenvalue weighted by molar-refractivity contribution is 7.14. The monoisotopic (exact) mass is 427 g/mol. The zero-order valence-electron chi connectivity index (χ0n) is 16.8. The van der Waals surface area contributed by atoms with E-state index in [4.69, 9.17) is 10.5 Å². The van der Waals surface area contributed by atoms with Gasteiger partial charge in [-0.3, -0.25) is 13.9 Å². The molecule has 2 aromatic heterocycles. The fourth-order valence-electron chi connectivity index (χ4n) is 3.63. The van der Waals surface area contributed by atoms with Crippen LogP contribution in [0.15, 0.2) is 45.3 Å². The van der Waals surface area contributed by atoms with Gasteiger partial charge in [0.15, 0.2) is 5.13 Å². The van der Waals surface area contributed by atoms with Crippen LogP contribution in [0.3, 0.4) is 0 Å². The van der Waals surface area contributed by atoms with Crippen LogP contribution in [-0.2, 0) is 17.8 Å². The van der Waals surface area contributed by atoms with E-state index in [0.717, 1.165) is 25.0 Å². The van der Waals surface area contributed by atoms with Crippen LogP contribution in [-0.4, -0.2) is 33.4 Å². The normalized spacial score (nSPS) is 16.1. The number of rotatable bonds is 7. The van der Waals surface area contributed by atoms with Crippen molar-refractivity contribution in [1.29, 1.82) is 0 Å². The van der Waals surface area contributed by atoms with Crippen molar-refractivity contribution in [2.45, 2.75) is 39.0 Å². The third kappa shape index (κ3) is 4.03. The van der Waals surface area contributed by atoms with E-state index in [1.54, 1.807) is 12.3 Å². The molecule has 1 aromatic carbocycles. The molecule has 3 N–H and O–H groups in total. The van der Waals surface area contributed by atoms with Gasteiger partial charge in [0.25, 0.3) is 5.56 Å².